The Hall–Kier alpha value is -1.62. The lowest BCUT2D eigenvalue weighted by atomic mass is 9.83. The highest BCUT2D eigenvalue weighted by Crippen LogP contribution is 2.34. The van der Waals surface area contributed by atoms with E-state index in [4.69, 9.17) is 62.8 Å². The zero-order valence-electron chi connectivity index (χ0n) is 28.7. The smallest absolute Gasteiger partial charge is 0.252 e. The van der Waals surface area contributed by atoms with Gasteiger partial charge in [0.1, 0.15) is 61.1 Å². The summed E-state index contributed by atoms with van der Waals surface area (Å²) in [7, 11) is 0. The Morgan fingerprint density at radius 2 is 1.54 bits per heavy atom. The van der Waals surface area contributed by atoms with Crippen LogP contribution in [0.25, 0.3) is 0 Å². The molecule has 0 aromatic rings. The molecule has 22 heteroatoms. The molecule has 20 N–H and O–H groups in total. The minimum Gasteiger partial charge on any atom is -0.394 e. The number of ether oxygens (including phenoxy) is 6. The first-order valence-corrected chi connectivity index (χ1v) is 17.4. The van der Waals surface area contributed by atoms with Crippen molar-refractivity contribution in [1.82, 2.24) is 10.6 Å². The van der Waals surface area contributed by atoms with Crippen molar-refractivity contribution in [3.63, 3.8) is 0 Å². The Balaban J connectivity index is 1.54. The summed E-state index contributed by atoms with van der Waals surface area (Å²) in [6.45, 7) is 0.00380. The zero-order valence-corrected chi connectivity index (χ0v) is 28.7. The van der Waals surface area contributed by atoms with Crippen molar-refractivity contribution in [2.24, 2.45) is 34.4 Å². The third-order valence-corrected chi connectivity index (χ3v) is 9.58. The number of alkyl halides is 1. The molecule has 3 fully saturated rings. The van der Waals surface area contributed by atoms with Gasteiger partial charge in [-0.15, -0.1) is 0 Å². The van der Waals surface area contributed by atoms with Gasteiger partial charge in [0.05, 0.1) is 30.8 Å². The monoisotopic (exact) mass is 756 g/mol. The van der Waals surface area contributed by atoms with Crippen LogP contribution in [0.4, 0.5) is 4.39 Å². The van der Waals surface area contributed by atoms with E-state index in [-0.39, 0.29) is 13.0 Å². The van der Waals surface area contributed by atoms with Gasteiger partial charge in [0, 0.05) is 25.7 Å². The molecule has 0 unspecified atom stereocenters. The largest absolute Gasteiger partial charge is 0.394 e. The van der Waals surface area contributed by atoms with Gasteiger partial charge in [0.15, 0.2) is 25.0 Å². The number of hydrogen-bond acceptors (Lipinski definition) is 20. The highest BCUT2D eigenvalue weighted by atomic mass is 19.1. The van der Waals surface area contributed by atoms with Crippen molar-refractivity contribution in [3.05, 3.63) is 12.2 Å². The Kier molecular flexibility index (Phi) is 16.4. The predicted octanol–water partition coefficient (Wildman–Crippen LogP) is -8.27. The van der Waals surface area contributed by atoms with Crippen LogP contribution in [0.15, 0.2) is 12.2 Å². The molecule has 21 nitrogen and oxygen atoms in total. The van der Waals surface area contributed by atoms with E-state index >= 15 is 0 Å². The number of nitrogens with one attached hydrogen (secondary N) is 2. The number of nitrogens with two attached hydrogens (primary N) is 6. The van der Waals surface area contributed by atoms with Gasteiger partial charge >= 0.3 is 0 Å². The lowest BCUT2D eigenvalue weighted by Gasteiger charge is -2.46. The second-order valence-corrected chi connectivity index (χ2v) is 13.4. The van der Waals surface area contributed by atoms with Crippen LogP contribution in [0.2, 0.25) is 0 Å². The fourth-order valence-electron chi connectivity index (χ4n) is 6.50. The number of halogens is 1. The first kappa shape index (κ1) is 43.1. The summed E-state index contributed by atoms with van der Waals surface area (Å²) in [6.07, 6.45) is -17.6. The fourth-order valence-corrected chi connectivity index (χ4v) is 6.50. The minimum absolute atomic E-state index is 0.155. The van der Waals surface area contributed by atoms with E-state index < -0.39 is 135 Å². The molecule has 3 aliphatic heterocycles. The molecule has 0 aromatic carbocycles. The molecular formula is C30H57FN8O13. The number of carbonyl (C=O) groups excluding carboxylic acids is 1. The minimum atomic E-state index is -2.15. The standard InChI is InChI=1S/C30H57FN8O13/c31-12(7-33)19(41)27(46)39-15-6-14(36)24(50-28-13(35)3-2-11(47-28)9-38-5-1-4-32)26(20(15)42)52-30-23(45)25(17(10-40)49-30)51-29-18(37)22(44)21(43)16(8-34)48-29/h2-3,11-26,28-30,38,40-45H,1,4-10,32-37H2,(H,39,46)/t11-,12+,13+,14-,15+,16-,17+,18+,19-,20-,21+,22+,23+,24+,25+,26+,28+,29+,30-/m0/s1. The third-order valence-electron chi connectivity index (χ3n) is 9.58. The van der Waals surface area contributed by atoms with Gasteiger partial charge in [0.2, 0.25) is 0 Å². The van der Waals surface area contributed by atoms with Crippen molar-refractivity contribution >= 4 is 5.91 Å². The van der Waals surface area contributed by atoms with Crippen molar-refractivity contribution < 1.29 is 68.2 Å². The van der Waals surface area contributed by atoms with Crippen LogP contribution in [0, 0.1) is 0 Å². The Morgan fingerprint density at radius 3 is 2.19 bits per heavy atom. The lowest BCUT2D eigenvalue weighted by molar-refractivity contribution is -0.284. The van der Waals surface area contributed by atoms with Gasteiger partial charge in [0.25, 0.3) is 5.91 Å². The second-order valence-electron chi connectivity index (χ2n) is 13.4. The van der Waals surface area contributed by atoms with Crippen molar-refractivity contribution in [1.29, 1.82) is 0 Å². The first-order valence-electron chi connectivity index (χ1n) is 17.4. The van der Waals surface area contributed by atoms with Crippen LogP contribution in [0.5, 0.6) is 0 Å². The highest BCUT2D eigenvalue weighted by Gasteiger charge is 2.54. The number of aliphatic hydroxyl groups excluding tert-OH is 6. The van der Waals surface area contributed by atoms with E-state index in [1.54, 1.807) is 12.2 Å². The maximum Gasteiger partial charge on any atom is 0.252 e. The van der Waals surface area contributed by atoms with Gasteiger partial charge < -0.3 is 104 Å². The molecule has 52 heavy (non-hydrogen) atoms. The van der Waals surface area contributed by atoms with E-state index in [0.29, 0.717) is 19.6 Å². The lowest BCUT2D eigenvalue weighted by Crippen LogP contribution is -2.67. The second kappa shape index (κ2) is 19.8. The van der Waals surface area contributed by atoms with Crippen LogP contribution in [0.1, 0.15) is 12.8 Å². The first-order chi connectivity index (χ1) is 24.8. The Morgan fingerprint density at radius 1 is 0.865 bits per heavy atom. The van der Waals surface area contributed by atoms with Crippen molar-refractivity contribution in [2.75, 3.05) is 39.3 Å². The average Bonchev–Trinajstić information content (AvgIpc) is 3.43. The molecule has 0 aromatic heterocycles. The van der Waals surface area contributed by atoms with Crippen LogP contribution in [-0.2, 0) is 33.2 Å². The van der Waals surface area contributed by atoms with E-state index in [1.807, 2.05) is 0 Å². The van der Waals surface area contributed by atoms with Gasteiger partial charge in [-0.1, -0.05) is 12.2 Å². The summed E-state index contributed by atoms with van der Waals surface area (Å²) in [4.78, 5) is 12.7. The number of carbonyl (C=O) groups is 1. The summed E-state index contributed by atoms with van der Waals surface area (Å²) >= 11 is 0. The summed E-state index contributed by atoms with van der Waals surface area (Å²) in [6, 6.07) is -4.34. The van der Waals surface area contributed by atoms with Crippen LogP contribution in [-0.4, -0.2) is 192 Å². The van der Waals surface area contributed by atoms with E-state index in [1.165, 1.54) is 0 Å². The van der Waals surface area contributed by atoms with Crippen molar-refractivity contribution in [3.8, 4) is 0 Å². The normalized spacial score (nSPS) is 43.7. The maximum absolute atomic E-state index is 14.0. The molecule has 1 saturated carbocycles. The molecule has 2 saturated heterocycles. The summed E-state index contributed by atoms with van der Waals surface area (Å²) in [5, 5.41) is 69.4. The SMILES string of the molecule is NCCCNC[C@@H]1C=C[C@@H](N)[C@@H](O[C@H]2[C@H](O[C@@H]3O[C@H](CO)[C@@H](O[C@H]4O[C@@H](CN)[C@@H](O)[C@H](O)[C@H]4N)[C@H]3O)[C@@H](O)[C@H](NC(=O)[C@@H](O)[C@H](F)CN)C[C@@H]2N)O1. The van der Waals surface area contributed by atoms with E-state index in [0.717, 1.165) is 6.42 Å². The quantitative estimate of drug-likeness (QED) is 0.0484. The molecule has 1 aliphatic carbocycles. The molecule has 1 amide bonds. The predicted molar refractivity (Wildman–Crippen MR) is 177 cm³/mol. The highest BCUT2D eigenvalue weighted by molar-refractivity contribution is 5.81. The molecule has 0 radical (unpaired) electrons. The summed E-state index contributed by atoms with van der Waals surface area (Å²) < 4.78 is 49.7. The maximum atomic E-state index is 14.0. The number of amides is 1. The molecule has 0 spiro atoms. The molecule has 4 rings (SSSR count). The third kappa shape index (κ3) is 10.2. The molecular weight excluding hydrogens is 699 g/mol. The topological polar surface area (TPSA) is 374 Å². The van der Waals surface area contributed by atoms with E-state index in [2.05, 4.69) is 10.6 Å². The zero-order chi connectivity index (χ0) is 38.3. The van der Waals surface area contributed by atoms with Crippen LogP contribution >= 0.6 is 0 Å². The van der Waals surface area contributed by atoms with Crippen molar-refractivity contribution in [2.45, 2.75) is 129 Å². The average molecular weight is 757 g/mol. The molecule has 4 aliphatic rings. The number of rotatable bonds is 17. The summed E-state index contributed by atoms with van der Waals surface area (Å²) in [5.41, 5.74) is 35.3. The fraction of sp³-hybridized carbons (Fsp3) is 0.900. The van der Waals surface area contributed by atoms with Crippen LogP contribution < -0.4 is 45.0 Å². The Labute approximate surface area is 300 Å². The van der Waals surface area contributed by atoms with E-state index in [9.17, 15) is 39.8 Å². The van der Waals surface area contributed by atoms with Gasteiger partial charge in [-0.3, -0.25) is 4.79 Å². The van der Waals surface area contributed by atoms with Gasteiger partial charge in [-0.25, -0.2) is 4.39 Å². The number of aliphatic hydroxyl groups is 6. The Bertz CT molecular complexity index is 1140. The molecule has 3 heterocycles. The van der Waals surface area contributed by atoms with Crippen LogP contribution in [0.3, 0.4) is 0 Å². The molecule has 19 atom stereocenters. The number of hydrogen-bond donors (Lipinski definition) is 14. The summed E-state index contributed by atoms with van der Waals surface area (Å²) in [5.74, 6) is -1.17. The van der Waals surface area contributed by atoms with Gasteiger partial charge in [-0.05, 0) is 25.9 Å². The molecule has 302 valence electrons. The van der Waals surface area contributed by atoms with Gasteiger partial charge in [-0.2, -0.15) is 0 Å². The molecule has 0 bridgehead atoms.